The van der Waals surface area contributed by atoms with Gasteiger partial charge in [0, 0.05) is 25.0 Å². The number of nitrogens with one attached hydrogen (secondary N) is 1. The molecule has 0 aliphatic carbocycles. The Morgan fingerprint density at radius 3 is 2.64 bits per heavy atom. The number of piperidine rings is 1. The number of carbonyl (C=O) groups excluding carboxylic acids is 1. The molecular formula is C23H22FN3O. The summed E-state index contributed by atoms with van der Waals surface area (Å²) < 4.78 is 16.3. The van der Waals surface area contributed by atoms with Gasteiger partial charge in [0.1, 0.15) is 5.82 Å². The Morgan fingerprint density at radius 1 is 1.07 bits per heavy atom. The van der Waals surface area contributed by atoms with E-state index in [9.17, 15) is 9.18 Å². The number of carbonyl (C=O) groups is 1. The minimum atomic E-state index is -0.457. The molecule has 0 unspecified atom stereocenters. The van der Waals surface area contributed by atoms with Gasteiger partial charge >= 0.3 is 0 Å². The second-order valence-electron chi connectivity index (χ2n) is 7.76. The van der Waals surface area contributed by atoms with Gasteiger partial charge in [0.25, 0.3) is 5.91 Å². The monoisotopic (exact) mass is 375 g/mol. The molecule has 1 aromatic heterocycles. The van der Waals surface area contributed by atoms with Crippen molar-refractivity contribution in [2.45, 2.75) is 25.3 Å². The molecule has 2 aliphatic heterocycles. The minimum Gasteiger partial charge on any atom is -0.372 e. The van der Waals surface area contributed by atoms with Crippen LogP contribution in [0.3, 0.4) is 0 Å². The Labute approximate surface area is 163 Å². The molecule has 2 aliphatic rings. The molecule has 1 fully saturated rings. The molecule has 5 heteroatoms. The molecular weight excluding hydrogens is 353 g/mol. The predicted molar refractivity (Wildman–Crippen MR) is 107 cm³/mol. The normalized spacial score (nSPS) is 17.0. The van der Waals surface area contributed by atoms with Gasteiger partial charge in [0.2, 0.25) is 0 Å². The Kier molecular flexibility index (Phi) is 3.79. The fourth-order valence-corrected chi connectivity index (χ4v) is 4.54. The van der Waals surface area contributed by atoms with Gasteiger partial charge in [-0.1, -0.05) is 18.2 Å². The van der Waals surface area contributed by atoms with Gasteiger partial charge in [-0.15, -0.1) is 0 Å². The number of amides is 1. The van der Waals surface area contributed by atoms with Gasteiger partial charge in [-0.25, -0.2) is 4.39 Å². The van der Waals surface area contributed by atoms with E-state index in [1.54, 1.807) is 23.1 Å². The predicted octanol–water partition coefficient (Wildman–Crippen LogP) is 4.48. The zero-order valence-corrected chi connectivity index (χ0v) is 15.8. The van der Waals surface area contributed by atoms with E-state index in [-0.39, 0.29) is 17.0 Å². The number of anilines is 1. The maximum atomic E-state index is 14.0. The molecule has 3 aromatic rings. The third-order valence-corrected chi connectivity index (χ3v) is 6.03. The maximum absolute atomic E-state index is 14.0. The standard InChI is InChI=1S/C23H22FN3O/c1-16-8-9-20-19(15-16)25-23(21-7-4-12-27(20)21)10-13-26(14-11-23)22(28)17-5-2-3-6-18(17)24/h2-9,12,15,25H,10-11,13-14H2,1H3. The molecule has 2 aromatic carbocycles. The number of likely N-dealkylation sites (tertiary alicyclic amines) is 1. The summed E-state index contributed by atoms with van der Waals surface area (Å²) in [6, 6.07) is 16.9. The lowest BCUT2D eigenvalue weighted by Gasteiger charge is -2.46. The number of aryl methyl sites for hydroxylation is 1. The Balaban J connectivity index is 1.43. The number of aromatic nitrogens is 1. The van der Waals surface area contributed by atoms with Gasteiger partial charge in [0.15, 0.2) is 0 Å². The second-order valence-corrected chi connectivity index (χ2v) is 7.76. The van der Waals surface area contributed by atoms with Crippen molar-refractivity contribution >= 4 is 11.6 Å². The molecule has 1 spiro atoms. The summed E-state index contributed by atoms with van der Waals surface area (Å²) in [5.41, 5.74) is 4.65. The van der Waals surface area contributed by atoms with Crippen LogP contribution in [-0.4, -0.2) is 28.5 Å². The highest BCUT2D eigenvalue weighted by atomic mass is 19.1. The van der Waals surface area contributed by atoms with E-state index in [0.717, 1.165) is 24.2 Å². The number of benzene rings is 2. The maximum Gasteiger partial charge on any atom is 0.256 e. The molecule has 4 nitrogen and oxygen atoms in total. The van der Waals surface area contributed by atoms with Crippen molar-refractivity contribution < 1.29 is 9.18 Å². The van der Waals surface area contributed by atoms with Crippen molar-refractivity contribution in [2.75, 3.05) is 18.4 Å². The van der Waals surface area contributed by atoms with Crippen molar-refractivity contribution in [3.8, 4) is 5.69 Å². The smallest absolute Gasteiger partial charge is 0.256 e. The highest BCUT2D eigenvalue weighted by molar-refractivity contribution is 5.94. The number of hydrogen-bond donors (Lipinski definition) is 1. The summed E-state index contributed by atoms with van der Waals surface area (Å²) in [5, 5.41) is 3.77. The van der Waals surface area contributed by atoms with E-state index in [2.05, 4.69) is 53.3 Å². The van der Waals surface area contributed by atoms with E-state index in [0.29, 0.717) is 13.1 Å². The number of rotatable bonds is 1. The topological polar surface area (TPSA) is 37.3 Å². The molecule has 142 valence electrons. The average molecular weight is 375 g/mol. The quantitative estimate of drug-likeness (QED) is 0.681. The first-order chi connectivity index (χ1) is 13.6. The molecule has 1 saturated heterocycles. The van der Waals surface area contributed by atoms with Crippen LogP contribution in [0.5, 0.6) is 0 Å². The molecule has 0 bridgehead atoms. The number of halogens is 1. The Morgan fingerprint density at radius 2 is 1.86 bits per heavy atom. The van der Waals surface area contributed by atoms with E-state index in [1.165, 1.54) is 17.3 Å². The first-order valence-corrected chi connectivity index (χ1v) is 9.68. The summed E-state index contributed by atoms with van der Waals surface area (Å²) in [6.07, 6.45) is 3.66. The number of hydrogen-bond acceptors (Lipinski definition) is 2. The summed E-state index contributed by atoms with van der Waals surface area (Å²) in [4.78, 5) is 14.6. The average Bonchev–Trinajstić information content (AvgIpc) is 3.19. The van der Waals surface area contributed by atoms with Crippen LogP contribution in [0.4, 0.5) is 10.1 Å². The van der Waals surface area contributed by atoms with E-state index in [1.807, 2.05) is 0 Å². The van der Waals surface area contributed by atoms with Gasteiger partial charge in [-0.05, 0) is 61.7 Å². The summed E-state index contributed by atoms with van der Waals surface area (Å²) in [5.74, 6) is -0.683. The molecule has 1 amide bonds. The molecule has 0 radical (unpaired) electrons. The number of fused-ring (bicyclic) bond motifs is 4. The largest absolute Gasteiger partial charge is 0.372 e. The molecule has 3 heterocycles. The summed E-state index contributed by atoms with van der Waals surface area (Å²) in [7, 11) is 0. The van der Waals surface area contributed by atoms with Gasteiger partial charge in [-0.3, -0.25) is 4.79 Å². The SMILES string of the molecule is Cc1ccc2c(c1)NC1(CCN(C(=O)c3ccccc3F)CC1)c1cccn1-2. The zero-order valence-electron chi connectivity index (χ0n) is 15.8. The third-order valence-electron chi connectivity index (χ3n) is 6.03. The Bertz CT molecular complexity index is 1060. The first kappa shape index (κ1) is 17.0. The van der Waals surface area contributed by atoms with Crippen LogP contribution in [0.2, 0.25) is 0 Å². The van der Waals surface area contributed by atoms with Crippen LogP contribution in [0.15, 0.2) is 60.8 Å². The fraction of sp³-hybridized carbons (Fsp3) is 0.261. The van der Waals surface area contributed by atoms with Crippen molar-refractivity contribution in [2.24, 2.45) is 0 Å². The highest BCUT2D eigenvalue weighted by Crippen LogP contribution is 2.43. The minimum absolute atomic E-state index is 0.152. The van der Waals surface area contributed by atoms with Crippen molar-refractivity contribution in [3.05, 3.63) is 83.4 Å². The van der Waals surface area contributed by atoms with Crippen LogP contribution >= 0.6 is 0 Å². The van der Waals surface area contributed by atoms with Crippen LogP contribution in [0.1, 0.15) is 34.5 Å². The Hall–Kier alpha value is -3.08. The molecule has 0 atom stereocenters. The first-order valence-electron chi connectivity index (χ1n) is 9.68. The zero-order chi connectivity index (χ0) is 19.3. The number of nitrogens with zero attached hydrogens (tertiary/aromatic N) is 2. The van der Waals surface area contributed by atoms with E-state index in [4.69, 9.17) is 0 Å². The van der Waals surface area contributed by atoms with Gasteiger partial charge in [0.05, 0.1) is 22.5 Å². The van der Waals surface area contributed by atoms with E-state index < -0.39 is 5.82 Å². The summed E-state index contributed by atoms with van der Waals surface area (Å²) in [6.45, 7) is 3.27. The van der Waals surface area contributed by atoms with Gasteiger partial charge in [-0.2, -0.15) is 0 Å². The molecule has 5 rings (SSSR count). The lowest BCUT2D eigenvalue weighted by Crippen LogP contribution is -2.51. The lowest BCUT2D eigenvalue weighted by atomic mass is 9.82. The van der Waals surface area contributed by atoms with Crippen LogP contribution in [0, 0.1) is 12.7 Å². The highest BCUT2D eigenvalue weighted by Gasteiger charge is 2.42. The van der Waals surface area contributed by atoms with Crippen LogP contribution < -0.4 is 5.32 Å². The van der Waals surface area contributed by atoms with Crippen molar-refractivity contribution in [1.29, 1.82) is 0 Å². The second kappa shape index (κ2) is 6.23. The van der Waals surface area contributed by atoms with E-state index >= 15 is 0 Å². The fourth-order valence-electron chi connectivity index (χ4n) is 4.54. The van der Waals surface area contributed by atoms with Crippen molar-refractivity contribution in [3.63, 3.8) is 0 Å². The third kappa shape index (κ3) is 2.53. The van der Waals surface area contributed by atoms with Crippen LogP contribution in [0.25, 0.3) is 5.69 Å². The van der Waals surface area contributed by atoms with Crippen LogP contribution in [-0.2, 0) is 5.54 Å². The van der Waals surface area contributed by atoms with Gasteiger partial charge < -0.3 is 14.8 Å². The van der Waals surface area contributed by atoms with Crippen molar-refractivity contribution in [1.82, 2.24) is 9.47 Å². The lowest BCUT2D eigenvalue weighted by molar-refractivity contribution is 0.0672. The molecule has 28 heavy (non-hydrogen) atoms. The summed E-state index contributed by atoms with van der Waals surface area (Å²) >= 11 is 0. The molecule has 1 N–H and O–H groups in total. The molecule has 0 saturated carbocycles.